The van der Waals surface area contributed by atoms with Crippen molar-refractivity contribution in [1.29, 1.82) is 0 Å². The Morgan fingerprint density at radius 1 is 1.21 bits per heavy atom. The molecule has 2 aromatic rings. The largest absolute Gasteiger partial charge is 0.481 e. The molecule has 3 rings (SSSR count). The van der Waals surface area contributed by atoms with Gasteiger partial charge in [0.05, 0.1) is 16.8 Å². The maximum atomic E-state index is 12.8. The van der Waals surface area contributed by atoms with Gasteiger partial charge in [-0.15, -0.1) is 0 Å². The van der Waals surface area contributed by atoms with Gasteiger partial charge in [-0.1, -0.05) is 18.7 Å². The SMILES string of the molecule is C=C(C1CCC(C(=O)O)CC1)n1c(=O)[nH]c2cccc(C)c2c1=O. The summed E-state index contributed by atoms with van der Waals surface area (Å²) in [4.78, 5) is 39.0. The van der Waals surface area contributed by atoms with Crippen LogP contribution in [0.2, 0.25) is 0 Å². The van der Waals surface area contributed by atoms with Crippen LogP contribution in [0.1, 0.15) is 31.2 Å². The Morgan fingerprint density at radius 3 is 2.46 bits per heavy atom. The van der Waals surface area contributed by atoms with Gasteiger partial charge in [-0.3, -0.25) is 9.59 Å². The predicted octanol–water partition coefficient (Wildman–Crippen LogP) is 2.36. The Balaban J connectivity index is 2.00. The van der Waals surface area contributed by atoms with E-state index in [4.69, 9.17) is 5.11 Å². The number of carboxylic acid groups (broad SMARTS) is 1. The lowest BCUT2D eigenvalue weighted by atomic mass is 9.80. The summed E-state index contributed by atoms with van der Waals surface area (Å²) in [6, 6.07) is 5.32. The maximum absolute atomic E-state index is 12.8. The topological polar surface area (TPSA) is 92.2 Å². The fourth-order valence-electron chi connectivity index (χ4n) is 3.55. The number of hydrogen-bond donors (Lipinski definition) is 2. The molecule has 0 aliphatic heterocycles. The van der Waals surface area contributed by atoms with Gasteiger partial charge in [-0.05, 0) is 50.2 Å². The summed E-state index contributed by atoms with van der Waals surface area (Å²) in [6.45, 7) is 5.80. The minimum atomic E-state index is -0.782. The van der Waals surface area contributed by atoms with E-state index in [0.29, 0.717) is 42.3 Å². The fourth-order valence-corrected chi connectivity index (χ4v) is 3.55. The molecule has 1 aliphatic rings. The number of fused-ring (bicyclic) bond motifs is 1. The zero-order chi connectivity index (χ0) is 17.4. The zero-order valence-corrected chi connectivity index (χ0v) is 13.5. The predicted molar refractivity (Wildman–Crippen MR) is 92.0 cm³/mol. The Hall–Kier alpha value is -2.63. The molecular formula is C18H20N2O4. The molecule has 1 aromatic heterocycles. The highest BCUT2D eigenvalue weighted by molar-refractivity contribution is 5.81. The van der Waals surface area contributed by atoms with Crippen LogP contribution in [0.4, 0.5) is 0 Å². The minimum absolute atomic E-state index is 0.0548. The summed E-state index contributed by atoms with van der Waals surface area (Å²) in [7, 11) is 0. The van der Waals surface area contributed by atoms with Crippen molar-refractivity contribution in [2.24, 2.45) is 11.8 Å². The van der Waals surface area contributed by atoms with Gasteiger partial charge in [0.2, 0.25) is 0 Å². The number of nitrogens with zero attached hydrogens (tertiary/aromatic N) is 1. The molecule has 24 heavy (non-hydrogen) atoms. The number of benzene rings is 1. The van der Waals surface area contributed by atoms with Crippen LogP contribution in [-0.4, -0.2) is 20.6 Å². The van der Waals surface area contributed by atoms with E-state index in [1.54, 1.807) is 12.1 Å². The quantitative estimate of drug-likeness (QED) is 0.904. The van der Waals surface area contributed by atoms with E-state index < -0.39 is 11.7 Å². The third-order valence-corrected chi connectivity index (χ3v) is 4.97. The van der Waals surface area contributed by atoms with Crippen LogP contribution in [0.3, 0.4) is 0 Å². The highest BCUT2D eigenvalue weighted by Gasteiger charge is 2.29. The molecule has 0 bridgehead atoms. The van der Waals surface area contributed by atoms with Gasteiger partial charge in [-0.2, -0.15) is 0 Å². The Morgan fingerprint density at radius 2 is 1.83 bits per heavy atom. The number of aromatic nitrogens is 2. The summed E-state index contributed by atoms with van der Waals surface area (Å²) in [5, 5.41) is 9.57. The third kappa shape index (κ3) is 2.68. The average molecular weight is 328 g/mol. The number of carbonyl (C=O) groups is 1. The molecule has 6 nitrogen and oxygen atoms in total. The zero-order valence-electron chi connectivity index (χ0n) is 13.5. The lowest BCUT2D eigenvalue weighted by Crippen LogP contribution is -2.37. The highest BCUT2D eigenvalue weighted by Crippen LogP contribution is 2.33. The fraction of sp³-hybridized carbons (Fsp3) is 0.389. The molecule has 126 valence electrons. The molecule has 6 heteroatoms. The number of allylic oxidation sites excluding steroid dienone is 1. The third-order valence-electron chi connectivity index (χ3n) is 4.97. The molecule has 1 heterocycles. The molecule has 0 amide bonds. The van der Waals surface area contributed by atoms with Crippen molar-refractivity contribution in [1.82, 2.24) is 9.55 Å². The van der Waals surface area contributed by atoms with Crippen LogP contribution in [0.5, 0.6) is 0 Å². The second-order valence-electron chi connectivity index (χ2n) is 6.45. The molecule has 0 saturated heterocycles. The Labute approximate surface area is 138 Å². The molecule has 0 spiro atoms. The number of nitrogens with one attached hydrogen (secondary N) is 1. The molecule has 2 N–H and O–H groups in total. The van der Waals surface area contributed by atoms with Crippen LogP contribution < -0.4 is 11.2 Å². The summed E-state index contributed by atoms with van der Waals surface area (Å²) < 4.78 is 1.11. The molecule has 0 atom stereocenters. The van der Waals surface area contributed by atoms with Gasteiger partial charge in [0.1, 0.15) is 0 Å². The summed E-state index contributed by atoms with van der Waals surface area (Å²) in [5.41, 5.74) is 0.907. The van der Waals surface area contributed by atoms with Crippen molar-refractivity contribution in [2.75, 3.05) is 0 Å². The van der Waals surface area contributed by atoms with Crippen molar-refractivity contribution in [3.8, 4) is 0 Å². The van der Waals surface area contributed by atoms with E-state index in [1.165, 1.54) is 0 Å². The van der Waals surface area contributed by atoms with E-state index in [2.05, 4.69) is 11.6 Å². The van der Waals surface area contributed by atoms with E-state index in [9.17, 15) is 14.4 Å². The lowest BCUT2D eigenvalue weighted by Gasteiger charge is -2.27. The number of aromatic amines is 1. The number of aliphatic carboxylic acids is 1. The van der Waals surface area contributed by atoms with Gasteiger partial charge >= 0.3 is 11.7 Å². The van der Waals surface area contributed by atoms with Crippen LogP contribution in [0, 0.1) is 18.8 Å². The van der Waals surface area contributed by atoms with Crippen molar-refractivity contribution < 1.29 is 9.90 Å². The van der Waals surface area contributed by atoms with Gasteiger partial charge in [0.25, 0.3) is 5.56 Å². The second kappa shape index (κ2) is 6.11. The van der Waals surface area contributed by atoms with Crippen LogP contribution in [0.15, 0.2) is 34.4 Å². The van der Waals surface area contributed by atoms with Crippen LogP contribution in [-0.2, 0) is 4.79 Å². The highest BCUT2D eigenvalue weighted by atomic mass is 16.4. The van der Waals surface area contributed by atoms with Gasteiger partial charge < -0.3 is 10.1 Å². The van der Waals surface area contributed by atoms with Crippen molar-refractivity contribution in [2.45, 2.75) is 32.6 Å². The minimum Gasteiger partial charge on any atom is -0.481 e. The summed E-state index contributed by atoms with van der Waals surface area (Å²) >= 11 is 0. The first-order valence-corrected chi connectivity index (χ1v) is 8.06. The number of hydrogen-bond acceptors (Lipinski definition) is 3. The first-order chi connectivity index (χ1) is 11.4. The number of rotatable bonds is 3. The standard InChI is InChI=1S/C18H20N2O4/c1-10-4-3-5-14-15(10)16(21)20(18(24)19-14)11(2)12-6-8-13(9-7-12)17(22)23/h3-5,12-13H,2,6-9H2,1H3,(H,19,24)(H,22,23). The van der Waals surface area contributed by atoms with Crippen LogP contribution >= 0.6 is 0 Å². The number of carboxylic acids is 1. The van der Waals surface area contributed by atoms with E-state index in [0.717, 1.165) is 10.1 Å². The summed E-state index contributed by atoms with van der Waals surface area (Å²) in [5.74, 6) is -1.18. The molecule has 1 fully saturated rings. The van der Waals surface area contributed by atoms with Crippen molar-refractivity contribution in [3.63, 3.8) is 0 Å². The van der Waals surface area contributed by atoms with Gasteiger partial charge in [0, 0.05) is 5.70 Å². The smallest absolute Gasteiger partial charge is 0.333 e. The van der Waals surface area contributed by atoms with E-state index in [-0.39, 0.29) is 17.4 Å². The molecular weight excluding hydrogens is 308 g/mol. The maximum Gasteiger partial charge on any atom is 0.333 e. The number of aryl methyl sites for hydroxylation is 1. The first kappa shape index (κ1) is 16.2. The molecule has 0 unspecified atom stereocenters. The van der Waals surface area contributed by atoms with E-state index in [1.807, 2.05) is 13.0 Å². The van der Waals surface area contributed by atoms with Crippen molar-refractivity contribution in [3.05, 3.63) is 51.2 Å². The van der Waals surface area contributed by atoms with Gasteiger partial charge in [0.15, 0.2) is 0 Å². The first-order valence-electron chi connectivity index (χ1n) is 8.06. The van der Waals surface area contributed by atoms with Crippen LogP contribution in [0.25, 0.3) is 16.6 Å². The van der Waals surface area contributed by atoms with Crippen molar-refractivity contribution >= 4 is 22.6 Å². The molecule has 1 aromatic carbocycles. The molecule has 1 saturated carbocycles. The van der Waals surface area contributed by atoms with E-state index >= 15 is 0 Å². The average Bonchev–Trinajstić information content (AvgIpc) is 2.54. The Bertz CT molecular complexity index is 930. The molecule has 1 aliphatic carbocycles. The normalized spacial score (nSPS) is 20.9. The van der Waals surface area contributed by atoms with Gasteiger partial charge in [-0.25, -0.2) is 9.36 Å². The molecule has 0 radical (unpaired) electrons. The summed E-state index contributed by atoms with van der Waals surface area (Å²) in [6.07, 6.45) is 2.32. The lowest BCUT2D eigenvalue weighted by molar-refractivity contribution is -0.142. The second-order valence-corrected chi connectivity index (χ2v) is 6.45. The number of H-pyrrole nitrogens is 1. The Kier molecular flexibility index (Phi) is 4.13. The monoisotopic (exact) mass is 328 g/mol.